The second-order valence-corrected chi connectivity index (χ2v) is 5.25. The fourth-order valence-corrected chi connectivity index (χ4v) is 2.05. The molecule has 1 aromatic heterocycles. The summed E-state index contributed by atoms with van der Waals surface area (Å²) in [6.45, 7) is 1.47. The Morgan fingerprint density at radius 2 is 2.05 bits per heavy atom. The molecule has 0 fully saturated rings. The first-order valence-corrected chi connectivity index (χ1v) is 7.10. The van der Waals surface area contributed by atoms with Gasteiger partial charge in [-0.1, -0.05) is 23.2 Å². The fraction of sp³-hybridized carbons (Fsp3) is 0.133. The van der Waals surface area contributed by atoms with Gasteiger partial charge in [-0.25, -0.2) is 4.79 Å². The van der Waals surface area contributed by atoms with Crippen LogP contribution >= 0.6 is 23.2 Å². The Morgan fingerprint density at radius 3 is 2.68 bits per heavy atom. The van der Waals surface area contributed by atoms with Gasteiger partial charge >= 0.3 is 5.97 Å². The summed E-state index contributed by atoms with van der Waals surface area (Å²) in [6, 6.07) is 7.82. The van der Waals surface area contributed by atoms with E-state index in [0.717, 1.165) is 0 Å². The van der Waals surface area contributed by atoms with E-state index in [1.54, 1.807) is 24.3 Å². The molecular weight excluding hydrogens is 327 g/mol. The maximum atomic E-state index is 12.0. The first kappa shape index (κ1) is 16.3. The van der Waals surface area contributed by atoms with Crippen LogP contribution in [0.15, 0.2) is 42.7 Å². The van der Waals surface area contributed by atoms with Crippen LogP contribution in [-0.4, -0.2) is 23.0 Å². The van der Waals surface area contributed by atoms with Crippen LogP contribution < -0.4 is 5.32 Å². The van der Waals surface area contributed by atoms with Crippen LogP contribution in [0.2, 0.25) is 10.0 Å². The molecule has 1 heterocycles. The lowest BCUT2D eigenvalue weighted by atomic mass is 10.2. The van der Waals surface area contributed by atoms with Crippen molar-refractivity contribution in [1.82, 2.24) is 4.98 Å². The highest BCUT2D eigenvalue weighted by atomic mass is 35.5. The van der Waals surface area contributed by atoms with Crippen LogP contribution in [0.25, 0.3) is 0 Å². The Balaban J connectivity index is 1.99. The molecule has 0 spiro atoms. The predicted octanol–water partition coefficient (Wildman–Crippen LogP) is 3.57. The number of nitrogens with one attached hydrogen (secondary N) is 1. The molecule has 1 aromatic carbocycles. The number of carbonyl (C=O) groups is 2. The van der Waals surface area contributed by atoms with E-state index in [-0.39, 0.29) is 5.56 Å². The van der Waals surface area contributed by atoms with Gasteiger partial charge in [0.15, 0.2) is 6.10 Å². The SMILES string of the molecule is C[C@H](OC(=O)c1cccnc1)C(=O)Nc1ccc(Cl)cc1Cl. The molecule has 114 valence electrons. The third-order valence-corrected chi connectivity index (χ3v) is 3.29. The molecule has 0 radical (unpaired) electrons. The standard InChI is InChI=1S/C15H12Cl2N2O3/c1-9(22-15(21)10-3-2-6-18-8-10)14(20)19-13-5-4-11(16)7-12(13)17/h2-9H,1H3,(H,19,20)/t9-/m0/s1. The van der Waals surface area contributed by atoms with Gasteiger partial charge in [0.05, 0.1) is 16.3 Å². The summed E-state index contributed by atoms with van der Waals surface area (Å²) in [7, 11) is 0. The number of rotatable bonds is 4. The zero-order valence-corrected chi connectivity index (χ0v) is 13.1. The van der Waals surface area contributed by atoms with Gasteiger partial charge in [-0.3, -0.25) is 9.78 Å². The van der Waals surface area contributed by atoms with E-state index in [1.807, 2.05) is 0 Å². The quantitative estimate of drug-likeness (QED) is 0.865. The summed E-state index contributed by atoms with van der Waals surface area (Å²) in [5.41, 5.74) is 0.659. The number of aromatic nitrogens is 1. The van der Waals surface area contributed by atoms with Crippen LogP contribution in [0, 0.1) is 0 Å². The van der Waals surface area contributed by atoms with Gasteiger partial charge in [-0.05, 0) is 37.3 Å². The highest BCUT2D eigenvalue weighted by molar-refractivity contribution is 6.36. The van der Waals surface area contributed by atoms with E-state index in [9.17, 15) is 9.59 Å². The Morgan fingerprint density at radius 1 is 1.27 bits per heavy atom. The molecule has 2 rings (SSSR count). The predicted molar refractivity (Wildman–Crippen MR) is 84.2 cm³/mol. The minimum Gasteiger partial charge on any atom is -0.449 e. The van der Waals surface area contributed by atoms with E-state index >= 15 is 0 Å². The average Bonchev–Trinajstić information content (AvgIpc) is 2.50. The lowest BCUT2D eigenvalue weighted by molar-refractivity contribution is -0.123. The van der Waals surface area contributed by atoms with Crippen molar-refractivity contribution in [2.24, 2.45) is 0 Å². The summed E-state index contributed by atoms with van der Waals surface area (Å²) < 4.78 is 5.07. The molecule has 2 aromatic rings. The number of esters is 1. The number of amides is 1. The minimum atomic E-state index is -0.987. The van der Waals surface area contributed by atoms with Gasteiger partial charge in [0.2, 0.25) is 0 Å². The monoisotopic (exact) mass is 338 g/mol. The fourth-order valence-electron chi connectivity index (χ4n) is 1.59. The van der Waals surface area contributed by atoms with Crippen LogP contribution in [0.3, 0.4) is 0 Å². The number of nitrogens with zero attached hydrogens (tertiary/aromatic N) is 1. The van der Waals surface area contributed by atoms with Crippen LogP contribution in [0.5, 0.6) is 0 Å². The number of ether oxygens (including phenoxy) is 1. The first-order chi connectivity index (χ1) is 10.5. The van der Waals surface area contributed by atoms with Gasteiger partial charge in [-0.15, -0.1) is 0 Å². The van der Waals surface area contributed by atoms with E-state index in [1.165, 1.54) is 25.4 Å². The van der Waals surface area contributed by atoms with Gasteiger partial charge < -0.3 is 10.1 Å². The molecule has 0 bridgehead atoms. The maximum Gasteiger partial charge on any atom is 0.340 e. The van der Waals surface area contributed by atoms with Crippen LogP contribution in [-0.2, 0) is 9.53 Å². The minimum absolute atomic E-state index is 0.270. The lowest BCUT2D eigenvalue weighted by Crippen LogP contribution is -2.30. The Bertz CT molecular complexity index is 692. The molecule has 7 heteroatoms. The van der Waals surface area contributed by atoms with Crippen molar-refractivity contribution in [3.8, 4) is 0 Å². The topological polar surface area (TPSA) is 68.3 Å². The average molecular weight is 339 g/mol. The summed E-state index contributed by atoms with van der Waals surface area (Å²) >= 11 is 11.7. The van der Waals surface area contributed by atoms with Gasteiger partial charge in [0.25, 0.3) is 5.91 Å². The molecule has 5 nitrogen and oxygen atoms in total. The molecule has 1 N–H and O–H groups in total. The Labute approximate surface area is 137 Å². The number of hydrogen-bond acceptors (Lipinski definition) is 4. The first-order valence-electron chi connectivity index (χ1n) is 6.34. The number of benzene rings is 1. The molecule has 0 saturated carbocycles. The zero-order chi connectivity index (χ0) is 16.1. The molecular formula is C15H12Cl2N2O3. The third kappa shape index (κ3) is 4.19. The summed E-state index contributed by atoms with van der Waals surface area (Å²) in [4.78, 5) is 27.7. The molecule has 0 aliphatic carbocycles. The largest absolute Gasteiger partial charge is 0.449 e. The van der Waals surface area contributed by atoms with Crippen molar-refractivity contribution in [2.45, 2.75) is 13.0 Å². The zero-order valence-electron chi connectivity index (χ0n) is 11.5. The highest BCUT2D eigenvalue weighted by Gasteiger charge is 2.19. The maximum absolute atomic E-state index is 12.0. The van der Waals surface area contributed by atoms with E-state index in [0.29, 0.717) is 15.7 Å². The van der Waals surface area contributed by atoms with Crippen molar-refractivity contribution in [2.75, 3.05) is 5.32 Å². The lowest BCUT2D eigenvalue weighted by Gasteiger charge is -2.14. The summed E-state index contributed by atoms with van der Waals surface area (Å²) in [5.74, 6) is -1.13. The molecule has 0 aliphatic heterocycles. The van der Waals surface area contributed by atoms with Crippen molar-refractivity contribution in [1.29, 1.82) is 0 Å². The number of pyridine rings is 1. The molecule has 1 atom stereocenters. The summed E-state index contributed by atoms with van der Waals surface area (Å²) in [6.07, 6.45) is 1.91. The molecule has 0 unspecified atom stereocenters. The van der Waals surface area contributed by atoms with Crippen molar-refractivity contribution in [3.05, 3.63) is 58.3 Å². The van der Waals surface area contributed by atoms with Crippen molar-refractivity contribution < 1.29 is 14.3 Å². The highest BCUT2D eigenvalue weighted by Crippen LogP contribution is 2.25. The third-order valence-electron chi connectivity index (χ3n) is 2.74. The van der Waals surface area contributed by atoms with Gasteiger partial charge in [0.1, 0.15) is 0 Å². The number of hydrogen-bond donors (Lipinski definition) is 1. The number of carbonyl (C=O) groups excluding carboxylic acids is 2. The molecule has 1 amide bonds. The second kappa shape index (κ2) is 7.24. The second-order valence-electron chi connectivity index (χ2n) is 4.40. The van der Waals surface area contributed by atoms with Gasteiger partial charge in [-0.2, -0.15) is 0 Å². The Kier molecular flexibility index (Phi) is 5.35. The van der Waals surface area contributed by atoms with E-state index < -0.39 is 18.0 Å². The van der Waals surface area contributed by atoms with Crippen LogP contribution in [0.1, 0.15) is 17.3 Å². The van der Waals surface area contributed by atoms with Crippen molar-refractivity contribution >= 4 is 40.8 Å². The van der Waals surface area contributed by atoms with Crippen LogP contribution in [0.4, 0.5) is 5.69 Å². The van der Waals surface area contributed by atoms with E-state index in [2.05, 4.69) is 10.3 Å². The number of anilines is 1. The van der Waals surface area contributed by atoms with Crippen molar-refractivity contribution in [3.63, 3.8) is 0 Å². The number of halogens is 2. The normalized spacial score (nSPS) is 11.6. The Hall–Kier alpha value is -2.11. The molecule has 0 saturated heterocycles. The van der Waals surface area contributed by atoms with E-state index in [4.69, 9.17) is 27.9 Å². The van der Waals surface area contributed by atoms with Gasteiger partial charge in [0, 0.05) is 17.4 Å². The molecule has 22 heavy (non-hydrogen) atoms. The summed E-state index contributed by atoms with van der Waals surface area (Å²) in [5, 5.41) is 3.33. The molecule has 0 aliphatic rings. The smallest absolute Gasteiger partial charge is 0.340 e.